The molecule has 232 valence electrons. The van der Waals surface area contributed by atoms with Crippen LogP contribution in [0.3, 0.4) is 0 Å². The van der Waals surface area contributed by atoms with Crippen LogP contribution in [-0.2, 0) is 28.7 Å². The van der Waals surface area contributed by atoms with Gasteiger partial charge in [0.25, 0.3) is 0 Å². The van der Waals surface area contributed by atoms with Crippen LogP contribution in [0.25, 0.3) is 0 Å². The van der Waals surface area contributed by atoms with Gasteiger partial charge in [-0.3, -0.25) is 19.2 Å². The quantitative estimate of drug-likeness (QED) is 0.384. The van der Waals surface area contributed by atoms with E-state index in [0.717, 1.165) is 0 Å². The van der Waals surface area contributed by atoms with Crippen molar-refractivity contribution in [3.63, 3.8) is 0 Å². The number of rotatable bonds is 6. The van der Waals surface area contributed by atoms with Crippen molar-refractivity contribution in [3.8, 4) is 0 Å². The number of hydrogen-bond donors (Lipinski definition) is 2. The van der Waals surface area contributed by atoms with Gasteiger partial charge in [-0.1, -0.05) is 74.9 Å². The van der Waals surface area contributed by atoms with Crippen molar-refractivity contribution in [1.29, 1.82) is 0 Å². The van der Waals surface area contributed by atoms with Crippen molar-refractivity contribution in [1.82, 2.24) is 15.1 Å². The van der Waals surface area contributed by atoms with Crippen LogP contribution in [0.1, 0.15) is 58.6 Å². The summed E-state index contributed by atoms with van der Waals surface area (Å²) in [4.78, 5) is 58.9. The van der Waals surface area contributed by atoms with Gasteiger partial charge in [0.1, 0.15) is 23.7 Å². The fraction of sp³-hybridized carbons (Fsp3) is 0.576. The molecule has 43 heavy (non-hydrogen) atoms. The molecule has 4 heterocycles. The number of aliphatic hydroxyl groups is 1. The summed E-state index contributed by atoms with van der Waals surface area (Å²) in [6.07, 6.45) is 6.84. The molecule has 1 aromatic rings. The zero-order valence-corrected chi connectivity index (χ0v) is 25.3. The van der Waals surface area contributed by atoms with Crippen molar-refractivity contribution in [2.24, 2.45) is 17.8 Å². The second-order valence-electron chi connectivity index (χ2n) is 12.3. The number of esters is 1. The Bertz CT molecular complexity index is 1280. The molecule has 2 N–H and O–H groups in total. The van der Waals surface area contributed by atoms with Crippen LogP contribution in [0.15, 0.2) is 54.6 Å². The van der Waals surface area contributed by atoms with Crippen LogP contribution in [-0.4, -0.2) is 88.1 Å². The van der Waals surface area contributed by atoms with Gasteiger partial charge in [0.05, 0.1) is 31.2 Å². The normalized spacial score (nSPS) is 33.4. The van der Waals surface area contributed by atoms with Crippen LogP contribution in [0.2, 0.25) is 0 Å². The van der Waals surface area contributed by atoms with E-state index in [0.29, 0.717) is 24.9 Å². The summed E-state index contributed by atoms with van der Waals surface area (Å²) in [5.41, 5.74) is -0.728. The Balaban J connectivity index is 1.63. The van der Waals surface area contributed by atoms with E-state index >= 15 is 0 Å². The number of carbonyl (C=O) groups excluding carboxylic acids is 4. The summed E-state index contributed by atoms with van der Waals surface area (Å²) in [5, 5.41) is 13.4. The van der Waals surface area contributed by atoms with E-state index in [9.17, 15) is 24.3 Å². The molecule has 2 fully saturated rings. The first-order valence-electron chi connectivity index (χ1n) is 15.4. The molecule has 0 unspecified atom stereocenters. The molecule has 0 radical (unpaired) electrons. The number of hydrogen-bond acceptors (Lipinski definition) is 7. The lowest BCUT2D eigenvalue weighted by atomic mass is 9.77. The van der Waals surface area contributed by atoms with E-state index in [-0.39, 0.29) is 43.3 Å². The van der Waals surface area contributed by atoms with E-state index < -0.39 is 53.6 Å². The van der Waals surface area contributed by atoms with Gasteiger partial charge < -0.3 is 29.7 Å². The summed E-state index contributed by atoms with van der Waals surface area (Å²) in [6.45, 7) is 7.85. The van der Waals surface area contributed by atoms with Gasteiger partial charge in [-0.2, -0.15) is 0 Å². The third-order valence-corrected chi connectivity index (χ3v) is 9.48. The number of aliphatic hydroxyl groups excluding tert-OH is 1. The standard InChI is InChI=1S/C33H43N3O7/c1-5-21(4)23(19-37)36-29-31(40)35(20(2)3)17-11-16-33(29)28(30(36)39)27-24(43-33)14-9-10-15-26(38)34-18-25(42-32(27)41)22-12-7-6-8-13-22/h6-9,11-14,16,20-21,23-25,27-29,37H,5,10,15,17-19H2,1-4H3,(H,34,38)/b14-9-/t21-,23-,24-,25+,27+,28+,29-,33+/m0/s1. The second kappa shape index (κ2) is 12.6. The number of carbonyl (C=O) groups is 4. The second-order valence-corrected chi connectivity index (χ2v) is 12.3. The van der Waals surface area contributed by atoms with E-state index in [1.54, 1.807) is 23.1 Å². The molecule has 2 saturated heterocycles. The predicted molar refractivity (Wildman–Crippen MR) is 158 cm³/mol. The summed E-state index contributed by atoms with van der Waals surface area (Å²) >= 11 is 0. The predicted octanol–water partition coefficient (Wildman–Crippen LogP) is 2.53. The van der Waals surface area contributed by atoms with Gasteiger partial charge in [0.2, 0.25) is 17.7 Å². The Kier molecular flexibility index (Phi) is 9.08. The van der Waals surface area contributed by atoms with Gasteiger partial charge >= 0.3 is 5.97 Å². The molecule has 0 bridgehead atoms. The number of fused-ring (bicyclic) bond motifs is 2. The molecule has 4 aliphatic heterocycles. The Morgan fingerprint density at radius 3 is 2.49 bits per heavy atom. The number of ether oxygens (including phenoxy) is 2. The van der Waals surface area contributed by atoms with Crippen LogP contribution < -0.4 is 5.32 Å². The molecule has 1 aromatic carbocycles. The molecule has 1 spiro atoms. The first-order chi connectivity index (χ1) is 20.6. The third-order valence-electron chi connectivity index (χ3n) is 9.48. The molecule has 10 heteroatoms. The zero-order chi connectivity index (χ0) is 30.9. The van der Waals surface area contributed by atoms with Gasteiger partial charge in [0, 0.05) is 19.0 Å². The maximum absolute atomic E-state index is 14.6. The third kappa shape index (κ3) is 5.51. The minimum atomic E-state index is -1.44. The molecule has 4 aliphatic rings. The molecule has 0 aliphatic carbocycles. The van der Waals surface area contributed by atoms with E-state index in [4.69, 9.17) is 9.47 Å². The highest BCUT2D eigenvalue weighted by Gasteiger charge is 2.72. The van der Waals surface area contributed by atoms with Crippen molar-refractivity contribution >= 4 is 23.7 Å². The minimum Gasteiger partial charge on any atom is -0.455 e. The SMILES string of the molecule is CC[C@H](C)[C@H](CO)N1C(=O)[C@H]2[C@@H]3C(=O)O[C@@H](c4ccccc4)CNC(=O)CC/C=C\[C@@H]3O[C@]23C=CCN(C(C)C)C(=O)[C@H]13. The van der Waals surface area contributed by atoms with Gasteiger partial charge in [-0.25, -0.2) is 0 Å². The van der Waals surface area contributed by atoms with Gasteiger partial charge in [0.15, 0.2) is 0 Å². The highest BCUT2D eigenvalue weighted by atomic mass is 16.6. The Hall–Kier alpha value is -3.50. The lowest BCUT2D eigenvalue weighted by Crippen LogP contribution is -2.60. The smallest absolute Gasteiger partial charge is 0.313 e. The monoisotopic (exact) mass is 593 g/mol. The summed E-state index contributed by atoms with van der Waals surface area (Å²) < 4.78 is 12.8. The minimum absolute atomic E-state index is 0.0807. The molecule has 3 amide bonds. The molecule has 0 saturated carbocycles. The molecule has 10 nitrogen and oxygen atoms in total. The zero-order valence-electron chi connectivity index (χ0n) is 25.3. The van der Waals surface area contributed by atoms with E-state index in [2.05, 4.69) is 5.32 Å². The Labute approximate surface area is 253 Å². The van der Waals surface area contributed by atoms with Crippen LogP contribution >= 0.6 is 0 Å². The van der Waals surface area contributed by atoms with Gasteiger partial charge in [-0.05, 0) is 31.7 Å². The number of nitrogens with zero attached hydrogens (tertiary/aromatic N) is 2. The highest BCUT2D eigenvalue weighted by molar-refractivity contribution is 5.99. The molecule has 8 atom stereocenters. The topological polar surface area (TPSA) is 125 Å². The lowest BCUT2D eigenvalue weighted by molar-refractivity contribution is -0.161. The first-order valence-corrected chi connectivity index (χ1v) is 15.4. The van der Waals surface area contributed by atoms with E-state index in [1.807, 2.05) is 64.1 Å². The fourth-order valence-electron chi connectivity index (χ4n) is 7.00. The summed E-state index contributed by atoms with van der Waals surface area (Å²) in [6, 6.07) is 7.32. The number of nitrogens with one attached hydrogen (secondary N) is 1. The number of amides is 3. The average Bonchev–Trinajstić information content (AvgIpc) is 3.38. The van der Waals surface area contributed by atoms with E-state index in [1.165, 1.54) is 4.90 Å². The largest absolute Gasteiger partial charge is 0.455 e. The number of likely N-dealkylation sites (tertiary alicyclic amines) is 1. The van der Waals surface area contributed by atoms with Crippen LogP contribution in [0.4, 0.5) is 0 Å². The molecular weight excluding hydrogens is 550 g/mol. The number of cyclic esters (lactones) is 1. The van der Waals surface area contributed by atoms with Crippen molar-refractivity contribution < 1.29 is 33.8 Å². The maximum Gasteiger partial charge on any atom is 0.313 e. The lowest BCUT2D eigenvalue weighted by Gasteiger charge is -2.41. The molecule has 0 aromatic heterocycles. The van der Waals surface area contributed by atoms with Crippen molar-refractivity contribution in [3.05, 3.63) is 60.2 Å². The van der Waals surface area contributed by atoms with Crippen molar-refractivity contribution in [2.75, 3.05) is 19.7 Å². The van der Waals surface area contributed by atoms with Crippen molar-refractivity contribution in [2.45, 2.75) is 82.9 Å². The van der Waals surface area contributed by atoms with Crippen LogP contribution in [0, 0.1) is 17.8 Å². The average molecular weight is 594 g/mol. The summed E-state index contributed by atoms with van der Waals surface area (Å²) in [5.74, 6) is -3.67. The molecular formula is C33H43N3O7. The maximum atomic E-state index is 14.6. The first kappa shape index (κ1) is 30.9. The number of allylic oxidation sites excluding steroid dienone is 1. The summed E-state index contributed by atoms with van der Waals surface area (Å²) in [7, 11) is 0. The molecule has 5 rings (SSSR count). The number of benzene rings is 1. The van der Waals surface area contributed by atoms with Gasteiger partial charge in [-0.15, -0.1) is 0 Å². The van der Waals surface area contributed by atoms with Crippen LogP contribution in [0.5, 0.6) is 0 Å². The highest BCUT2D eigenvalue weighted by Crippen LogP contribution is 2.54. The Morgan fingerprint density at radius 2 is 1.81 bits per heavy atom. The fourth-order valence-corrected chi connectivity index (χ4v) is 7.00. The Morgan fingerprint density at radius 1 is 1.07 bits per heavy atom.